The van der Waals surface area contributed by atoms with E-state index in [2.05, 4.69) is 24.5 Å². The molecule has 0 aliphatic carbocycles. The number of benzene rings is 1. The van der Waals surface area contributed by atoms with Gasteiger partial charge in [0, 0.05) is 0 Å². The Balaban J connectivity index is 3.09. The molecule has 1 aromatic carbocycles. The lowest BCUT2D eigenvalue weighted by molar-refractivity contribution is -0.137. The highest BCUT2D eigenvalue weighted by Gasteiger charge is 2.30. The van der Waals surface area contributed by atoms with Crippen molar-refractivity contribution in [3.63, 3.8) is 0 Å². The van der Waals surface area contributed by atoms with Crippen LogP contribution in [0.5, 0.6) is 0 Å². The lowest BCUT2D eigenvalue weighted by Crippen LogP contribution is -2.05. The van der Waals surface area contributed by atoms with Gasteiger partial charge in [0.1, 0.15) is 5.82 Å². The van der Waals surface area contributed by atoms with Gasteiger partial charge in [-0.1, -0.05) is 11.8 Å². The molecule has 0 spiro atoms. The maximum atomic E-state index is 13.1. The molecule has 0 amide bonds. The van der Waals surface area contributed by atoms with Crippen molar-refractivity contribution in [3.8, 4) is 11.8 Å². The van der Waals surface area contributed by atoms with E-state index in [0.29, 0.717) is 6.07 Å². The summed E-state index contributed by atoms with van der Waals surface area (Å²) >= 11 is 3.78. The summed E-state index contributed by atoms with van der Waals surface area (Å²) in [6, 6.07) is 2.24. The smallest absolute Gasteiger partial charge is 0.206 e. The molecule has 0 atom stereocenters. The van der Waals surface area contributed by atoms with Crippen molar-refractivity contribution < 1.29 is 17.6 Å². The summed E-state index contributed by atoms with van der Waals surface area (Å²) in [7, 11) is 0. The van der Waals surface area contributed by atoms with Crippen molar-refractivity contribution in [1.29, 1.82) is 0 Å². The molecular weight excluding hydrogens is 228 g/mol. The van der Waals surface area contributed by atoms with E-state index in [0.717, 1.165) is 12.1 Å². The second-order valence-corrected chi connectivity index (χ2v) is 2.97. The van der Waals surface area contributed by atoms with Crippen LogP contribution in [0.15, 0.2) is 18.2 Å². The third-order valence-corrected chi connectivity index (χ3v) is 1.76. The molecule has 0 aliphatic heterocycles. The maximum absolute atomic E-state index is 13.1. The molecule has 0 N–H and O–H groups in total. The fourth-order valence-electron chi connectivity index (χ4n) is 0.928. The highest BCUT2D eigenvalue weighted by molar-refractivity contribution is 7.80. The molecule has 0 bridgehead atoms. The van der Waals surface area contributed by atoms with Crippen LogP contribution in [0.2, 0.25) is 0 Å². The quantitative estimate of drug-likeness (QED) is 0.398. The molecule has 0 saturated heterocycles. The van der Waals surface area contributed by atoms with Crippen LogP contribution in [-0.4, -0.2) is 5.75 Å². The normalized spacial score (nSPS) is 10.7. The number of thiol groups is 1. The number of hydrogen-bond donors (Lipinski definition) is 1. The maximum Gasteiger partial charge on any atom is 0.416 e. The summed E-state index contributed by atoms with van der Waals surface area (Å²) in [4.78, 5) is 0. The monoisotopic (exact) mass is 234 g/mol. The van der Waals surface area contributed by atoms with Crippen molar-refractivity contribution in [3.05, 3.63) is 35.1 Å². The zero-order chi connectivity index (χ0) is 11.5. The Kier molecular flexibility index (Phi) is 3.64. The van der Waals surface area contributed by atoms with Crippen molar-refractivity contribution in [1.82, 2.24) is 0 Å². The van der Waals surface area contributed by atoms with Crippen molar-refractivity contribution in [2.24, 2.45) is 0 Å². The molecule has 0 nitrogen and oxygen atoms in total. The van der Waals surface area contributed by atoms with E-state index in [1.165, 1.54) is 0 Å². The van der Waals surface area contributed by atoms with Crippen molar-refractivity contribution in [2.75, 3.05) is 5.75 Å². The highest BCUT2D eigenvalue weighted by atomic mass is 32.1. The first kappa shape index (κ1) is 11.9. The third kappa shape index (κ3) is 3.17. The summed E-state index contributed by atoms with van der Waals surface area (Å²) in [5.74, 6) is 4.08. The Hall–Kier alpha value is -1.15. The zero-order valence-electron chi connectivity index (χ0n) is 7.40. The van der Waals surface area contributed by atoms with Gasteiger partial charge in [0.15, 0.2) is 0 Å². The molecule has 1 aromatic rings. The van der Waals surface area contributed by atoms with Crippen LogP contribution in [0.4, 0.5) is 17.6 Å². The van der Waals surface area contributed by atoms with E-state index < -0.39 is 17.6 Å². The van der Waals surface area contributed by atoms with E-state index in [9.17, 15) is 17.6 Å². The van der Waals surface area contributed by atoms with Gasteiger partial charge in [-0.3, -0.25) is 0 Å². The molecule has 0 aromatic heterocycles. The van der Waals surface area contributed by atoms with Crippen molar-refractivity contribution in [2.45, 2.75) is 6.18 Å². The number of rotatable bonds is 0. The standard InChI is InChI=1S/C10H6F4S/c11-9-6-8(10(12,13)14)4-3-7(9)2-1-5-15/h3-4,6,15H,5H2. The minimum Gasteiger partial charge on any atom is -0.206 e. The van der Waals surface area contributed by atoms with Gasteiger partial charge in [0.2, 0.25) is 0 Å². The van der Waals surface area contributed by atoms with Gasteiger partial charge in [-0.15, -0.1) is 0 Å². The molecule has 0 saturated carbocycles. The van der Waals surface area contributed by atoms with Gasteiger partial charge in [0.05, 0.1) is 16.9 Å². The molecule has 0 heterocycles. The molecule has 0 aliphatic rings. The first-order chi connectivity index (χ1) is 6.95. The first-order valence-electron chi connectivity index (χ1n) is 3.91. The predicted octanol–water partition coefficient (Wildman–Crippen LogP) is 3.13. The largest absolute Gasteiger partial charge is 0.416 e. The first-order valence-corrected chi connectivity index (χ1v) is 4.55. The topological polar surface area (TPSA) is 0 Å². The molecule has 1 rings (SSSR count). The molecular formula is C10H6F4S. The summed E-state index contributed by atoms with van der Waals surface area (Å²) in [5.41, 5.74) is -1.08. The van der Waals surface area contributed by atoms with Crippen LogP contribution in [0.1, 0.15) is 11.1 Å². The van der Waals surface area contributed by atoms with Crippen LogP contribution < -0.4 is 0 Å². The van der Waals surface area contributed by atoms with Crippen LogP contribution in [0.3, 0.4) is 0 Å². The minimum absolute atomic E-state index is 0.0583. The van der Waals surface area contributed by atoms with E-state index in [4.69, 9.17) is 0 Å². The lowest BCUT2D eigenvalue weighted by Gasteiger charge is -2.06. The Morgan fingerprint density at radius 3 is 2.40 bits per heavy atom. The number of hydrogen-bond acceptors (Lipinski definition) is 1. The van der Waals surface area contributed by atoms with Gasteiger partial charge in [0.25, 0.3) is 0 Å². The van der Waals surface area contributed by atoms with Gasteiger partial charge in [-0.25, -0.2) is 4.39 Å². The predicted molar refractivity (Wildman–Crippen MR) is 52.1 cm³/mol. The van der Waals surface area contributed by atoms with Gasteiger partial charge >= 0.3 is 6.18 Å². The summed E-state index contributed by atoms with van der Waals surface area (Å²) < 4.78 is 49.5. The van der Waals surface area contributed by atoms with Crippen LogP contribution in [-0.2, 0) is 6.18 Å². The Morgan fingerprint density at radius 2 is 1.93 bits per heavy atom. The molecule has 5 heteroatoms. The fourth-order valence-corrected chi connectivity index (χ4v) is 1.01. The fraction of sp³-hybridized carbons (Fsp3) is 0.200. The van der Waals surface area contributed by atoms with Gasteiger partial charge < -0.3 is 0 Å². The molecule has 80 valence electrons. The molecule has 0 fully saturated rings. The number of halogens is 4. The number of alkyl halides is 3. The Bertz CT molecular complexity index is 412. The SMILES string of the molecule is Fc1cc(C(F)(F)F)ccc1C#CCS. The van der Waals surface area contributed by atoms with Gasteiger partial charge in [-0.2, -0.15) is 25.8 Å². The second kappa shape index (κ2) is 4.58. The van der Waals surface area contributed by atoms with Gasteiger partial charge in [-0.05, 0) is 18.2 Å². The molecule has 0 unspecified atom stereocenters. The third-order valence-electron chi connectivity index (χ3n) is 1.60. The van der Waals surface area contributed by atoms with Crippen LogP contribution >= 0.6 is 12.6 Å². The van der Waals surface area contributed by atoms with E-state index in [1.807, 2.05) is 0 Å². The van der Waals surface area contributed by atoms with Crippen LogP contribution in [0, 0.1) is 17.7 Å². The molecule has 0 radical (unpaired) electrons. The van der Waals surface area contributed by atoms with E-state index >= 15 is 0 Å². The highest BCUT2D eigenvalue weighted by Crippen LogP contribution is 2.29. The molecule has 15 heavy (non-hydrogen) atoms. The van der Waals surface area contributed by atoms with Crippen LogP contribution in [0.25, 0.3) is 0 Å². The zero-order valence-corrected chi connectivity index (χ0v) is 8.29. The average Bonchev–Trinajstić information content (AvgIpc) is 2.14. The minimum atomic E-state index is -4.53. The summed E-state index contributed by atoms with van der Waals surface area (Å²) in [6.45, 7) is 0. The second-order valence-electron chi connectivity index (χ2n) is 2.65. The summed E-state index contributed by atoms with van der Waals surface area (Å²) in [6.07, 6.45) is -4.53. The Labute approximate surface area is 89.7 Å². The Morgan fingerprint density at radius 1 is 1.27 bits per heavy atom. The lowest BCUT2D eigenvalue weighted by atomic mass is 10.1. The van der Waals surface area contributed by atoms with E-state index in [-0.39, 0.29) is 11.3 Å². The van der Waals surface area contributed by atoms with Crippen molar-refractivity contribution >= 4 is 12.6 Å². The summed E-state index contributed by atoms with van der Waals surface area (Å²) in [5, 5.41) is 0. The van der Waals surface area contributed by atoms with E-state index in [1.54, 1.807) is 0 Å². The average molecular weight is 234 g/mol.